The minimum atomic E-state index is -3.85. The van der Waals surface area contributed by atoms with Crippen molar-refractivity contribution in [3.63, 3.8) is 0 Å². The van der Waals surface area contributed by atoms with E-state index in [0.717, 1.165) is 24.6 Å². The number of ketones is 1. The lowest BCUT2D eigenvalue weighted by molar-refractivity contribution is -0.384. The average Bonchev–Trinajstić information content (AvgIpc) is 2.93. The summed E-state index contributed by atoms with van der Waals surface area (Å²) in [7, 11) is -3.85. The number of halogens is 1. The first-order chi connectivity index (χ1) is 20.4. The molecule has 0 saturated heterocycles. The van der Waals surface area contributed by atoms with Crippen molar-refractivity contribution in [2.45, 2.75) is 58.8 Å². The van der Waals surface area contributed by atoms with E-state index in [1.807, 2.05) is 0 Å². The number of hydrogen-bond acceptors (Lipinski definition) is 8. The summed E-state index contributed by atoms with van der Waals surface area (Å²) < 4.78 is 28.7. The van der Waals surface area contributed by atoms with Crippen LogP contribution >= 0.6 is 15.9 Å². The van der Waals surface area contributed by atoms with Crippen LogP contribution in [0.25, 0.3) is 0 Å². The number of nitro groups is 1. The van der Waals surface area contributed by atoms with Gasteiger partial charge in [-0.1, -0.05) is 26.3 Å². The zero-order valence-corrected chi connectivity index (χ0v) is 26.4. The first-order valence-corrected chi connectivity index (χ1v) is 16.4. The van der Waals surface area contributed by atoms with Crippen LogP contribution in [0.2, 0.25) is 0 Å². The molecule has 43 heavy (non-hydrogen) atoms. The van der Waals surface area contributed by atoms with Crippen LogP contribution in [0.5, 0.6) is 0 Å². The average molecular weight is 671 g/mol. The highest BCUT2D eigenvalue weighted by Gasteiger charge is 2.39. The number of nitro benzene ring substituents is 1. The second kappa shape index (κ2) is 13.1. The van der Waals surface area contributed by atoms with Crippen LogP contribution in [0.15, 0.2) is 63.4 Å². The number of benzene rings is 2. The molecule has 2 unspecified atom stereocenters. The van der Waals surface area contributed by atoms with Crippen molar-refractivity contribution in [3.8, 4) is 6.07 Å². The predicted octanol–water partition coefficient (Wildman–Crippen LogP) is 6.28. The molecule has 226 valence electrons. The third-order valence-corrected chi connectivity index (χ3v) is 9.57. The van der Waals surface area contributed by atoms with E-state index in [9.17, 15) is 33.4 Å². The summed E-state index contributed by atoms with van der Waals surface area (Å²) in [6, 6.07) is 10.6. The molecule has 11 nitrogen and oxygen atoms in total. The second-order valence-corrected chi connectivity index (χ2v) is 13.4. The number of anilines is 2. The van der Waals surface area contributed by atoms with Gasteiger partial charge in [0.25, 0.3) is 11.6 Å². The molecule has 1 amide bonds. The molecular formula is C30H32BrN5O6S. The number of hydrogen-bond donors (Lipinski definition) is 3. The molecule has 2 aromatic carbocycles. The normalized spacial score (nSPS) is 18.4. The fraction of sp³-hybridized carbons (Fsp3) is 0.367. The smallest absolute Gasteiger partial charge is 0.270 e. The number of dihydropyridines is 1. The van der Waals surface area contributed by atoms with Crippen LogP contribution < -0.4 is 15.4 Å². The van der Waals surface area contributed by atoms with Crippen LogP contribution in [-0.2, 0) is 14.8 Å². The number of nitrogens with zero attached hydrogens (tertiary/aromatic N) is 2. The Hall–Kier alpha value is -4.02. The molecule has 3 N–H and O–H groups in total. The van der Waals surface area contributed by atoms with E-state index in [0.29, 0.717) is 46.1 Å². The Morgan fingerprint density at radius 3 is 2.60 bits per heavy atom. The van der Waals surface area contributed by atoms with Crippen LogP contribution in [-0.4, -0.2) is 30.8 Å². The molecular weight excluding hydrogens is 638 g/mol. The summed E-state index contributed by atoms with van der Waals surface area (Å²) in [5.74, 6) is -1.50. The monoisotopic (exact) mass is 669 g/mol. The van der Waals surface area contributed by atoms with Crippen LogP contribution in [0.3, 0.4) is 0 Å². The molecule has 0 saturated carbocycles. The van der Waals surface area contributed by atoms with Gasteiger partial charge < -0.3 is 10.6 Å². The van der Waals surface area contributed by atoms with Crippen LogP contribution in [0.4, 0.5) is 17.1 Å². The zero-order valence-electron chi connectivity index (χ0n) is 24.0. The highest BCUT2D eigenvalue weighted by Crippen LogP contribution is 2.46. The molecule has 13 heteroatoms. The van der Waals surface area contributed by atoms with Gasteiger partial charge in [0.05, 0.1) is 39.6 Å². The van der Waals surface area contributed by atoms with Gasteiger partial charge in [-0.2, -0.15) is 5.26 Å². The Labute approximate surface area is 258 Å². The van der Waals surface area contributed by atoms with E-state index < -0.39 is 26.8 Å². The highest BCUT2D eigenvalue weighted by molar-refractivity contribution is 9.10. The van der Waals surface area contributed by atoms with E-state index in [2.05, 4.69) is 44.3 Å². The van der Waals surface area contributed by atoms with E-state index in [-0.39, 0.29) is 40.1 Å². The number of sulfonamides is 1. The van der Waals surface area contributed by atoms with Gasteiger partial charge in [0.2, 0.25) is 10.0 Å². The minimum Gasteiger partial charge on any atom is -0.361 e. The van der Waals surface area contributed by atoms with E-state index in [1.54, 1.807) is 19.9 Å². The Kier molecular flexibility index (Phi) is 9.72. The molecule has 0 fully saturated rings. The number of allylic oxidation sites excluding steroid dienone is 4. The molecule has 0 radical (unpaired) electrons. The molecule has 0 bridgehead atoms. The standard InChI is InChI=1S/C30H32BrN5O6S/c1-4-7-18-11-24-28(26(37)12-18)27(22(16-32)17(3)33-24)20-14-23(31)29(25(15-20)35-43(41,42)10-5-2)34-30(38)19-8-6-9-21(13-19)36(39)40/h6,8-9,13-15,18,27,33,35H,4-5,7,10-12H2,1-3H3,(H,34,38). The summed E-state index contributed by atoms with van der Waals surface area (Å²) in [5.41, 5.74) is 2.53. The molecule has 2 aliphatic rings. The number of nitrogens with one attached hydrogen (secondary N) is 3. The molecule has 0 spiro atoms. The topological polar surface area (TPSA) is 171 Å². The zero-order chi connectivity index (χ0) is 31.5. The Morgan fingerprint density at radius 1 is 1.21 bits per heavy atom. The molecule has 1 heterocycles. The number of nitriles is 1. The predicted molar refractivity (Wildman–Crippen MR) is 167 cm³/mol. The van der Waals surface area contributed by atoms with Gasteiger partial charge in [0.15, 0.2) is 5.78 Å². The first kappa shape index (κ1) is 31.9. The Morgan fingerprint density at radius 2 is 1.95 bits per heavy atom. The molecule has 2 atom stereocenters. The van der Waals surface area contributed by atoms with Gasteiger partial charge in [-0.15, -0.1) is 0 Å². The maximum atomic E-state index is 13.5. The lowest BCUT2D eigenvalue weighted by atomic mass is 9.72. The second-order valence-electron chi connectivity index (χ2n) is 10.7. The molecule has 4 rings (SSSR count). The van der Waals surface area contributed by atoms with Gasteiger partial charge in [-0.25, -0.2) is 8.42 Å². The van der Waals surface area contributed by atoms with Gasteiger partial charge >= 0.3 is 0 Å². The summed E-state index contributed by atoms with van der Waals surface area (Å²) in [4.78, 5) is 37.3. The van der Waals surface area contributed by atoms with Crippen molar-refractivity contribution in [3.05, 3.63) is 84.7 Å². The third-order valence-electron chi connectivity index (χ3n) is 7.47. The number of non-ortho nitro benzene ring substituents is 1. The SMILES string of the molecule is CCCC1CC(=O)C2=C(C1)NC(C)=C(C#N)C2c1cc(Br)c(NC(=O)c2cccc([N+](=O)[O-])c2)c(NS(=O)(=O)CCC)c1. The van der Waals surface area contributed by atoms with Crippen molar-refractivity contribution in [1.82, 2.24) is 5.32 Å². The van der Waals surface area contributed by atoms with Crippen molar-refractivity contribution in [2.75, 3.05) is 15.8 Å². The fourth-order valence-electron chi connectivity index (χ4n) is 5.65. The highest BCUT2D eigenvalue weighted by atomic mass is 79.9. The van der Waals surface area contributed by atoms with E-state index in [1.165, 1.54) is 24.3 Å². The third kappa shape index (κ3) is 6.97. The number of Topliss-reactive ketones (excluding diaryl/α,β-unsaturated/α-hetero) is 1. The maximum absolute atomic E-state index is 13.5. The van der Waals surface area contributed by atoms with Crippen molar-refractivity contribution in [2.24, 2.45) is 5.92 Å². The van der Waals surface area contributed by atoms with Gasteiger partial charge in [0.1, 0.15) is 0 Å². The molecule has 1 aliphatic heterocycles. The number of carbonyl (C=O) groups excluding carboxylic acids is 2. The molecule has 2 aromatic rings. The lowest BCUT2D eigenvalue weighted by Crippen LogP contribution is -2.34. The van der Waals surface area contributed by atoms with Gasteiger partial charge in [-0.05, 0) is 71.8 Å². The number of amides is 1. The van der Waals surface area contributed by atoms with Crippen molar-refractivity contribution >= 4 is 54.7 Å². The van der Waals surface area contributed by atoms with Crippen molar-refractivity contribution < 1.29 is 22.9 Å². The lowest BCUT2D eigenvalue weighted by Gasteiger charge is -2.35. The van der Waals surface area contributed by atoms with E-state index in [4.69, 9.17) is 0 Å². The first-order valence-electron chi connectivity index (χ1n) is 13.9. The molecule has 1 aliphatic carbocycles. The van der Waals surface area contributed by atoms with Crippen LogP contribution in [0.1, 0.15) is 74.7 Å². The quantitative estimate of drug-likeness (QED) is 0.196. The largest absolute Gasteiger partial charge is 0.361 e. The summed E-state index contributed by atoms with van der Waals surface area (Å²) in [6.07, 6.45) is 3.20. The van der Waals surface area contributed by atoms with Gasteiger partial charge in [-0.3, -0.25) is 24.4 Å². The number of rotatable bonds is 10. The summed E-state index contributed by atoms with van der Waals surface area (Å²) >= 11 is 3.47. The number of carbonyl (C=O) groups is 2. The van der Waals surface area contributed by atoms with Crippen LogP contribution in [0, 0.1) is 27.4 Å². The maximum Gasteiger partial charge on any atom is 0.270 e. The van der Waals surface area contributed by atoms with Gasteiger partial charge in [0, 0.05) is 45.6 Å². The molecule has 0 aromatic heterocycles. The Balaban J connectivity index is 1.85. The Bertz CT molecular complexity index is 1710. The summed E-state index contributed by atoms with van der Waals surface area (Å²) in [6.45, 7) is 5.56. The van der Waals surface area contributed by atoms with Crippen molar-refractivity contribution in [1.29, 1.82) is 5.26 Å². The summed E-state index contributed by atoms with van der Waals surface area (Å²) in [5, 5.41) is 27.3. The fourth-order valence-corrected chi connectivity index (χ4v) is 7.36. The minimum absolute atomic E-state index is 0.000421. The van der Waals surface area contributed by atoms with E-state index >= 15 is 0 Å².